The van der Waals surface area contributed by atoms with E-state index in [2.05, 4.69) is 15.8 Å². The highest BCUT2D eigenvalue weighted by molar-refractivity contribution is 8.14. The highest BCUT2D eigenvalue weighted by Crippen LogP contribution is 2.27. The van der Waals surface area contributed by atoms with Gasteiger partial charge in [-0.2, -0.15) is 0 Å². The molecule has 0 bridgehead atoms. The lowest BCUT2D eigenvalue weighted by Gasteiger charge is -2.29. The molecule has 176 valence electrons. The SMILES string of the molecule is CC(C)(C)/C=C/C(=O)NC(C(=O)C(=O)NN=C1SCCN1CCO)C1CCCCC1.Cl. The molecular weight excluding hydrogens is 440 g/mol. The summed E-state index contributed by atoms with van der Waals surface area (Å²) < 4.78 is 0. The van der Waals surface area contributed by atoms with E-state index in [0.29, 0.717) is 11.7 Å². The maximum absolute atomic E-state index is 12.9. The molecule has 2 aliphatic rings. The van der Waals surface area contributed by atoms with Crippen LogP contribution in [0.25, 0.3) is 0 Å². The van der Waals surface area contributed by atoms with Crippen LogP contribution in [0.1, 0.15) is 52.9 Å². The van der Waals surface area contributed by atoms with Crippen molar-refractivity contribution in [3.63, 3.8) is 0 Å². The minimum absolute atomic E-state index is 0. The zero-order chi connectivity index (χ0) is 22.1. The quantitative estimate of drug-likeness (QED) is 0.282. The number of aliphatic hydroxyl groups excluding tert-OH is 1. The highest BCUT2D eigenvalue weighted by atomic mass is 35.5. The van der Waals surface area contributed by atoms with Crippen molar-refractivity contribution in [1.82, 2.24) is 15.6 Å². The molecule has 1 heterocycles. The van der Waals surface area contributed by atoms with Crippen LogP contribution in [0, 0.1) is 11.3 Å². The summed E-state index contributed by atoms with van der Waals surface area (Å²) >= 11 is 1.46. The molecule has 8 nitrogen and oxygen atoms in total. The zero-order valence-corrected chi connectivity index (χ0v) is 20.2. The molecule has 2 rings (SSSR count). The number of rotatable bonds is 8. The Morgan fingerprint density at radius 3 is 2.55 bits per heavy atom. The van der Waals surface area contributed by atoms with Gasteiger partial charge in [-0.25, -0.2) is 5.43 Å². The van der Waals surface area contributed by atoms with Gasteiger partial charge in [0.15, 0.2) is 5.17 Å². The summed E-state index contributed by atoms with van der Waals surface area (Å²) in [5.41, 5.74) is 2.19. The molecular formula is C21H35ClN4O4S. The first kappa shape index (κ1) is 27.5. The predicted octanol–water partition coefficient (Wildman–Crippen LogP) is 2.07. The third kappa shape index (κ3) is 9.21. The summed E-state index contributed by atoms with van der Waals surface area (Å²) in [5, 5.41) is 16.5. The lowest BCUT2D eigenvalue weighted by Crippen LogP contribution is -2.51. The Balaban J connectivity index is 0.00000480. The van der Waals surface area contributed by atoms with E-state index < -0.39 is 17.7 Å². The van der Waals surface area contributed by atoms with Gasteiger partial charge >= 0.3 is 5.91 Å². The molecule has 0 aromatic carbocycles. The van der Waals surface area contributed by atoms with Crippen LogP contribution in [0.5, 0.6) is 0 Å². The van der Waals surface area contributed by atoms with E-state index in [-0.39, 0.29) is 36.3 Å². The molecule has 0 aromatic heterocycles. The molecule has 1 aliphatic heterocycles. The van der Waals surface area contributed by atoms with Gasteiger partial charge in [0.25, 0.3) is 0 Å². The van der Waals surface area contributed by atoms with Crippen molar-refractivity contribution < 1.29 is 19.5 Å². The molecule has 0 aromatic rings. The molecule has 1 saturated carbocycles. The number of Topliss-reactive ketones (excluding diaryl/α,β-unsaturated/α-hetero) is 1. The molecule has 10 heteroatoms. The van der Waals surface area contributed by atoms with Crippen LogP contribution in [0.4, 0.5) is 0 Å². The highest BCUT2D eigenvalue weighted by Gasteiger charge is 2.34. The Kier molecular flexibility index (Phi) is 11.6. The van der Waals surface area contributed by atoms with Gasteiger partial charge in [0.05, 0.1) is 6.61 Å². The Labute approximate surface area is 195 Å². The number of aliphatic hydroxyl groups is 1. The summed E-state index contributed by atoms with van der Waals surface area (Å²) in [7, 11) is 0. The van der Waals surface area contributed by atoms with Gasteiger partial charge in [0, 0.05) is 18.8 Å². The van der Waals surface area contributed by atoms with E-state index >= 15 is 0 Å². The van der Waals surface area contributed by atoms with Gasteiger partial charge in [-0.15, -0.1) is 17.5 Å². The van der Waals surface area contributed by atoms with Crippen LogP contribution >= 0.6 is 24.2 Å². The number of β-amino-alcohol motifs (C(OH)–C–C–N with tert-alkyl or cyclic N) is 1. The first-order valence-corrected chi connectivity index (χ1v) is 11.6. The average molecular weight is 475 g/mol. The monoisotopic (exact) mass is 474 g/mol. The van der Waals surface area contributed by atoms with E-state index in [1.807, 2.05) is 25.7 Å². The van der Waals surface area contributed by atoms with Crippen LogP contribution in [0.3, 0.4) is 0 Å². The number of amidine groups is 1. The smallest absolute Gasteiger partial charge is 0.309 e. The van der Waals surface area contributed by atoms with Gasteiger partial charge < -0.3 is 15.3 Å². The molecule has 2 fully saturated rings. The Morgan fingerprint density at radius 1 is 1.26 bits per heavy atom. The minimum atomic E-state index is -0.854. The van der Waals surface area contributed by atoms with E-state index in [4.69, 9.17) is 5.11 Å². The van der Waals surface area contributed by atoms with Crippen molar-refractivity contribution in [2.75, 3.05) is 25.4 Å². The largest absolute Gasteiger partial charge is 0.395 e. The Hall–Kier alpha value is -1.58. The van der Waals surface area contributed by atoms with Crippen molar-refractivity contribution in [2.24, 2.45) is 16.4 Å². The fraction of sp³-hybridized carbons (Fsp3) is 0.714. The average Bonchev–Trinajstić information content (AvgIpc) is 3.15. The summed E-state index contributed by atoms with van der Waals surface area (Å²) in [6.07, 6.45) is 7.90. The maximum Gasteiger partial charge on any atom is 0.309 e. The van der Waals surface area contributed by atoms with Gasteiger partial charge in [-0.3, -0.25) is 14.4 Å². The van der Waals surface area contributed by atoms with Gasteiger partial charge in [-0.1, -0.05) is 57.9 Å². The lowest BCUT2D eigenvalue weighted by molar-refractivity contribution is -0.140. The van der Waals surface area contributed by atoms with Crippen LogP contribution in [0.2, 0.25) is 0 Å². The van der Waals surface area contributed by atoms with Gasteiger partial charge in [0.1, 0.15) is 6.04 Å². The molecule has 0 radical (unpaired) electrons. The maximum atomic E-state index is 12.9. The van der Waals surface area contributed by atoms with Crippen LogP contribution in [0.15, 0.2) is 17.3 Å². The molecule has 1 aliphatic carbocycles. The Morgan fingerprint density at radius 2 is 1.94 bits per heavy atom. The third-order valence-electron chi connectivity index (χ3n) is 5.15. The fourth-order valence-electron chi connectivity index (χ4n) is 3.55. The van der Waals surface area contributed by atoms with Crippen LogP contribution < -0.4 is 10.7 Å². The number of carbonyl (C=O) groups is 3. The van der Waals surface area contributed by atoms with Crippen molar-refractivity contribution in [1.29, 1.82) is 0 Å². The molecule has 3 N–H and O–H groups in total. The minimum Gasteiger partial charge on any atom is -0.395 e. The summed E-state index contributed by atoms with van der Waals surface area (Å²) in [5.74, 6) is -1.10. The number of carbonyl (C=O) groups excluding carboxylic acids is 3. The molecule has 0 spiro atoms. The molecule has 1 atom stereocenters. The number of allylic oxidation sites excluding steroid dienone is 1. The number of hydrazone groups is 1. The van der Waals surface area contributed by atoms with E-state index in [9.17, 15) is 14.4 Å². The van der Waals surface area contributed by atoms with Crippen LogP contribution in [-0.2, 0) is 14.4 Å². The van der Waals surface area contributed by atoms with Gasteiger partial charge in [0.2, 0.25) is 11.7 Å². The number of thioether (sulfide) groups is 1. The van der Waals surface area contributed by atoms with Crippen molar-refractivity contribution in [3.8, 4) is 0 Å². The second-order valence-electron chi connectivity index (χ2n) is 8.84. The number of ketones is 1. The number of nitrogens with zero attached hydrogens (tertiary/aromatic N) is 2. The van der Waals surface area contributed by atoms with Crippen LogP contribution in [-0.4, -0.2) is 64.3 Å². The number of amides is 2. The first-order chi connectivity index (χ1) is 14.2. The van der Waals surface area contributed by atoms with E-state index in [1.54, 1.807) is 6.08 Å². The van der Waals surface area contributed by atoms with Crippen molar-refractivity contribution >= 4 is 46.9 Å². The lowest BCUT2D eigenvalue weighted by atomic mass is 9.82. The third-order valence-corrected chi connectivity index (χ3v) is 6.14. The fourth-order valence-corrected chi connectivity index (χ4v) is 4.52. The van der Waals surface area contributed by atoms with Crippen molar-refractivity contribution in [2.45, 2.75) is 58.9 Å². The molecule has 2 amide bonds. The van der Waals surface area contributed by atoms with Crippen molar-refractivity contribution in [3.05, 3.63) is 12.2 Å². The molecule has 31 heavy (non-hydrogen) atoms. The predicted molar refractivity (Wildman–Crippen MR) is 126 cm³/mol. The number of hydrogen-bond donors (Lipinski definition) is 3. The zero-order valence-electron chi connectivity index (χ0n) is 18.6. The normalized spacial score (nSPS) is 19.9. The van der Waals surface area contributed by atoms with E-state index in [0.717, 1.165) is 44.4 Å². The summed E-state index contributed by atoms with van der Waals surface area (Å²) in [6, 6.07) is -0.854. The number of halogens is 1. The summed E-state index contributed by atoms with van der Waals surface area (Å²) in [6.45, 7) is 7.09. The summed E-state index contributed by atoms with van der Waals surface area (Å²) in [4.78, 5) is 39.7. The second kappa shape index (κ2) is 13.1. The standard InChI is InChI=1S/C21H34N4O4S.ClH/c1-21(2,3)10-9-16(27)22-17(15-7-5-4-6-8-15)18(28)19(29)23-24-20-25(11-13-26)12-14-30-20;/h9-10,15,17,26H,4-8,11-14H2,1-3H3,(H,22,27)(H,23,29);1H/b10-9+,24-20?;. The van der Waals surface area contributed by atoms with Gasteiger partial charge in [-0.05, 0) is 30.3 Å². The molecule has 1 unspecified atom stereocenters. The topological polar surface area (TPSA) is 111 Å². The van der Waals surface area contributed by atoms with E-state index in [1.165, 1.54) is 17.8 Å². The first-order valence-electron chi connectivity index (χ1n) is 10.6. The molecule has 1 saturated heterocycles. The second-order valence-corrected chi connectivity index (χ2v) is 9.90. The number of hydrogen-bond acceptors (Lipinski definition) is 6. The Bertz CT molecular complexity index is 687. The number of nitrogens with one attached hydrogen (secondary N) is 2.